The van der Waals surface area contributed by atoms with Gasteiger partial charge in [-0.25, -0.2) is 8.78 Å². The largest absolute Gasteiger partial charge is 0.396 e. The highest BCUT2D eigenvalue weighted by atomic mass is 35.5. The van der Waals surface area contributed by atoms with E-state index in [0.717, 1.165) is 6.54 Å². The number of aliphatic hydroxyl groups excluding tert-OH is 2. The van der Waals surface area contributed by atoms with Crippen LogP contribution in [0, 0.1) is 23.1 Å². The fourth-order valence-corrected chi connectivity index (χ4v) is 3.72. The van der Waals surface area contributed by atoms with Crippen LogP contribution in [0.1, 0.15) is 52.0 Å². The maximum absolute atomic E-state index is 13.9. The summed E-state index contributed by atoms with van der Waals surface area (Å²) >= 11 is 11.5. The van der Waals surface area contributed by atoms with Crippen molar-refractivity contribution in [1.82, 2.24) is 10.6 Å². The van der Waals surface area contributed by atoms with Crippen molar-refractivity contribution in [3.05, 3.63) is 64.2 Å². The van der Waals surface area contributed by atoms with Crippen LogP contribution in [0.5, 0.6) is 0 Å². The molecule has 2 amide bonds. The van der Waals surface area contributed by atoms with Gasteiger partial charge < -0.3 is 26.2 Å². The number of amides is 2. The van der Waals surface area contributed by atoms with Gasteiger partial charge >= 0.3 is 0 Å². The Kier molecular flexibility index (Phi) is 19.4. The van der Waals surface area contributed by atoms with Crippen LogP contribution < -0.4 is 16.0 Å². The van der Waals surface area contributed by atoms with Crippen LogP contribution in [-0.2, 0) is 9.59 Å². The van der Waals surface area contributed by atoms with Crippen molar-refractivity contribution in [2.45, 2.75) is 46.5 Å². The second kappa shape index (κ2) is 20.6. The first kappa shape index (κ1) is 37.7. The van der Waals surface area contributed by atoms with Crippen molar-refractivity contribution < 1.29 is 28.6 Å². The zero-order valence-corrected chi connectivity index (χ0v) is 25.2. The van der Waals surface area contributed by atoms with E-state index in [1.807, 2.05) is 6.08 Å². The predicted molar refractivity (Wildman–Crippen MR) is 160 cm³/mol. The number of rotatable bonds is 13. The highest BCUT2D eigenvalue weighted by molar-refractivity contribution is 6.31. The summed E-state index contributed by atoms with van der Waals surface area (Å²) in [5.74, 6) is -1.12. The van der Waals surface area contributed by atoms with E-state index in [1.54, 1.807) is 6.08 Å². The maximum Gasteiger partial charge on any atom is 0.211 e. The van der Waals surface area contributed by atoms with Crippen LogP contribution in [0.3, 0.4) is 0 Å². The minimum absolute atomic E-state index is 0.00876. The van der Waals surface area contributed by atoms with Gasteiger partial charge in [0.1, 0.15) is 11.6 Å². The molecule has 1 aromatic rings. The molecule has 0 aromatic heterocycles. The van der Waals surface area contributed by atoms with Crippen molar-refractivity contribution in [3.63, 3.8) is 0 Å². The van der Waals surface area contributed by atoms with Gasteiger partial charge in [-0.05, 0) is 54.5 Å². The molecule has 5 N–H and O–H groups in total. The lowest BCUT2D eigenvalue weighted by atomic mass is 9.85. The molecule has 2 rings (SSSR count). The number of aliphatic hydroxyl groups is 2. The molecule has 0 spiro atoms. The number of hydrogen-bond donors (Lipinski definition) is 5. The molecule has 1 heterocycles. The molecule has 226 valence electrons. The summed E-state index contributed by atoms with van der Waals surface area (Å²) in [4.78, 5) is 20.5. The Hall–Kier alpha value is -2.30. The third-order valence-corrected chi connectivity index (χ3v) is 6.04. The monoisotopic (exact) mass is 605 g/mol. The first-order chi connectivity index (χ1) is 18.8. The number of allylic oxidation sites excluding steroid dienone is 5. The lowest BCUT2D eigenvalue weighted by Crippen LogP contribution is -2.20. The highest BCUT2D eigenvalue weighted by Gasteiger charge is 2.30. The maximum atomic E-state index is 13.9. The van der Waals surface area contributed by atoms with Gasteiger partial charge in [0.15, 0.2) is 0 Å². The molecule has 1 aliphatic rings. The van der Waals surface area contributed by atoms with Gasteiger partial charge in [0.05, 0.1) is 10.1 Å². The van der Waals surface area contributed by atoms with E-state index in [4.69, 9.17) is 33.4 Å². The van der Waals surface area contributed by atoms with Crippen molar-refractivity contribution in [2.75, 3.05) is 38.2 Å². The summed E-state index contributed by atoms with van der Waals surface area (Å²) < 4.78 is 26.7. The Morgan fingerprint density at radius 3 is 2.35 bits per heavy atom. The van der Waals surface area contributed by atoms with Crippen LogP contribution in [0.25, 0.3) is 0 Å². The Balaban J connectivity index is 0.000000838. The average Bonchev–Trinajstić information content (AvgIpc) is 3.34. The summed E-state index contributed by atoms with van der Waals surface area (Å²) in [5, 5.41) is 25.3. The Labute approximate surface area is 246 Å². The third-order valence-electron chi connectivity index (χ3n) is 5.42. The lowest BCUT2D eigenvalue weighted by molar-refractivity contribution is -0.109. The van der Waals surface area contributed by atoms with E-state index in [0.29, 0.717) is 55.4 Å². The summed E-state index contributed by atoms with van der Waals surface area (Å²) in [6.45, 7) is 13.7. The zero-order valence-electron chi connectivity index (χ0n) is 23.7. The van der Waals surface area contributed by atoms with Gasteiger partial charge in [-0.2, -0.15) is 0 Å². The number of hydrogen-bond acceptors (Lipinski definition) is 5. The third kappa shape index (κ3) is 16.7. The van der Waals surface area contributed by atoms with Gasteiger partial charge in [-0.1, -0.05) is 69.6 Å². The van der Waals surface area contributed by atoms with E-state index >= 15 is 0 Å². The van der Waals surface area contributed by atoms with Crippen molar-refractivity contribution in [1.29, 1.82) is 0 Å². The van der Waals surface area contributed by atoms with Gasteiger partial charge in [0.25, 0.3) is 0 Å². The van der Waals surface area contributed by atoms with Crippen molar-refractivity contribution in [2.24, 2.45) is 17.3 Å². The van der Waals surface area contributed by atoms with Crippen LogP contribution in [0.4, 0.5) is 14.5 Å². The molecule has 11 heteroatoms. The second-order valence-corrected chi connectivity index (χ2v) is 11.6. The molecule has 0 radical (unpaired) electrons. The molecule has 1 aliphatic heterocycles. The van der Waals surface area contributed by atoms with Gasteiger partial charge in [-0.3, -0.25) is 9.59 Å². The van der Waals surface area contributed by atoms with Crippen molar-refractivity contribution >= 4 is 41.7 Å². The van der Waals surface area contributed by atoms with E-state index < -0.39 is 11.6 Å². The van der Waals surface area contributed by atoms with E-state index in [-0.39, 0.29) is 41.0 Å². The number of halogens is 4. The van der Waals surface area contributed by atoms with E-state index in [9.17, 15) is 18.4 Å². The van der Waals surface area contributed by atoms with Crippen LogP contribution >= 0.6 is 23.2 Å². The quantitative estimate of drug-likeness (QED) is 0.113. The molecule has 40 heavy (non-hydrogen) atoms. The second-order valence-electron chi connectivity index (χ2n) is 10.8. The SMILES string of the molecule is C=C(F)/C(Cl)=C\C=C/C[C@H]1CNCC1c1cc(F)c(Cl)cc1NC=O.CC(C)(C)C.O=CNCCC(CO)CO. The summed E-state index contributed by atoms with van der Waals surface area (Å²) in [6, 6.07) is 2.79. The fraction of sp³-hybridized carbons (Fsp3) is 0.517. The van der Waals surface area contributed by atoms with Crippen LogP contribution in [0.15, 0.2) is 47.8 Å². The Morgan fingerprint density at radius 2 is 1.82 bits per heavy atom. The molecule has 1 unspecified atom stereocenters. The summed E-state index contributed by atoms with van der Waals surface area (Å²) in [6.07, 6.45) is 7.41. The highest BCUT2D eigenvalue weighted by Crippen LogP contribution is 2.37. The normalized spacial score (nSPS) is 17.0. The number of anilines is 1. The molecule has 2 atom stereocenters. The molecule has 7 nitrogen and oxygen atoms in total. The molecule has 0 bridgehead atoms. The molecule has 1 saturated heterocycles. The van der Waals surface area contributed by atoms with Gasteiger partial charge in [0.2, 0.25) is 12.8 Å². The Bertz CT molecular complexity index is 975. The van der Waals surface area contributed by atoms with Crippen molar-refractivity contribution in [3.8, 4) is 0 Å². The van der Waals surface area contributed by atoms with Crippen LogP contribution in [-0.4, -0.2) is 55.9 Å². The predicted octanol–water partition coefficient (Wildman–Crippen LogP) is 5.68. The summed E-state index contributed by atoms with van der Waals surface area (Å²) in [7, 11) is 0. The average molecular weight is 607 g/mol. The van der Waals surface area contributed by atoms with E-state index in [2.05, 4.69) is 50.2 Å². The molecule has 1 fully saturated rings. The van der Waals surface area contributed by atoms with Crippen LogP contribution in [0.2, 0.25) is 5.02 Å². The molecular formula is C29H43Cl2F2N3O4. The first-order valence-electron chi connectivity index (χ1n) is 12.9. The summed E-state index contributed by atoms with van der Waals surface area (Å²) in [5.41, 5.74) is 1.70. The lowest BCUT2D eigenvalue weighted by Gasteiger charge is -2.21. The first-order valence-corrected chi connectivity index (χ1v) is 13.7. The molecule has 1 aromatic carbocycles. The van der Waals surface area contributed by atoms with Gasteiger partial charge in [0, 0.05) is 43.8 Å². The smallest absolute Gasteiger partial charge is 0.211 e. The van der Waals surface area contributed by atoms with Gasteiger partial charge in [-0.15, -0.1) is 0 Å². The number of benzene rings is 1. The van der Waals surface area contributed by atoms with E-state index in [1.165, 1.54) is 18.2 Å². The molecule has 0 aliphatic carbocycles. The minimum atomic E-state index is -0.687. The Morgan fingerprint density at radius 1 is 1.20 bits per heavy atom. The standard InChI is InChI=1S/C18H18Cl2F2N2O.C6H13NO3.C5H12/c1-11(21)15(19)5-3-2-4-12-8-23-9-14(12)13-6-17(22)16(20)7-18(13)24-10-25;8-3-6(4-9)1-2-7-5-10;1-5(2,3)4/h2-3,5-7,10,12,14,23H,1,4,8-9H2,(H,24,25);5-6,8-9H,1-4H2,(H,7,10);1-4H3/b3-2-,15-5+;;/t12-,14?;;/m0../s1. The fourth-order valence-electron chi connectivity index (χ4n) is 3.49. The zero-order chi connectivity index (χ0) is 30.7. The molecule has 0 saturated carbocycles. The number of carbonyl (C=O) groups excluding carboxylic acids is 2. The molecular weight excluding hydrogens is 563 g/mol. The minimum Gasteiger partial charge on any atom is -0.396 e. The number of nitrogens with one attached hydrogen (secondary N) is 3. The number of carbonyl (C=O) groups is 2. The topological polar surface area (TPSA) is 111 Å².